The average molecular weight is 275 g/mol. The van der Waals surface area contributed by atoms with E-state index in [4.69, 9.17) is 0 Å². The molecule has 2 rings (SSSR count). The summed E-state index contributed by atoms with van der Waals surface area (Å²) in [6.45, 7) is 3.23. The zero-order chi connectivity index (χ0) is 13.3. The third-order valence-electron chi connectivity index (χ3n) is 2.79. The summed E-state index contributed by atoms with van der Waals surface area (Å²) in [4.78, 5) is 16.0. The van der Waals surface area contributed by atoms with E-state index >= 15 is 0 Å². The lowest BCUT2D eigenvalue weighted by molar-refractivity contribution is -0.124. The highest BCUT2D eigenvalue weighted by molar-refractivity contribution is 7.09. The highest BCUT2D eigenvalue weighted by Gasteiger charge is 2.42. The maximum atomic E-state index is 13.0. The third-order valence-corrected chi connectivity index (χ3v) is 3.94. The summed E-state index contributed by atoms with van der Waals surface area (Å²) in [5.74, 6) is -3.18. The van der Waals surface area contributed by atoms with E-state index in [0.29, 0.717) is 0 Å². The van der Waals surface area contributed by atoms with Crippen molar-refractivity contribution in [1.29, 1.82) is 0 Å². The molecule has 1 aliphatic rings. The number of carbonyl (C=O) groups excluding carboxylic acids is 1. The van der Waals surface area contributed by atoms with Gasteiger partial charge in [0.25, 0.3) is 5.92 Å². The number of alkyl halides is 2. The quantitative estimate of drug-likeness (QED) is 0.881. The number of halogens is 2. The molecule has 0 aromatic carbocycles. The summed E-state index contributed by atoms with van der Waals surface area (Å²) < 4.78 is 25.9. The smallest absolute Gasteiger partial charge is 0.262 e. The second kappa shape index (κ2) is 4.89. The summed E-state index contributed by atoms with van der Waals surface area (Å²) in [6.07, 6.45) is -0.442. The fraction of sp³-hybridized carbons (Fsp3) is 0.636. The summed E-state index contributed by atoms with van der Waals surface area (Å²) in [6, 6.07) is -1.07. The van der Waals surface area contributed by atoms with Crippen LogP contribution >= 0.6 is 11.3 Å². The summed E-state index contributed by atoms with van der Waals surface area (Å²) in [5.41, 5.74) is 0.890. The standard InChI is InChI=1S/C11H15F2N3OS/c1-6-4-18-10(15-6)7(2)16-9(17)8-3-11(12,13)5-14-8/h4,7-8,14H,3,5H2,1-2H3,(H,16,17). The predicted molar refractivity (Wildman–Crippen MR) is 64.8 cm³/mol. The number of thiazole rings is 1. The van der Waals surface area contributed by atoms with Crippen molar-refractivity contribution in [2.45, 2.75) is 38.3 Å². The van der Waals surface area contributed by atoms with Crippen LogP contribution in [-0.2, 0) is 4.79 Å². The fourth-order valence-corrected chi connectivity index (χ4v) is 2.65. The number of hydrogen-bond donors (Lipinski definition) is 2. The Morgan fingerprint density at radius 3 is 2.94 bits per heavy atom. The molecule has 1 aromatic rings. The van der Waals surface area contributed by atoms with Crippen LogP contribution in [-0.4, -0.2) is 29.4 Å². The van der Waals surface area contributed by atoms with Crippen LogP contribution in [0.25, 0.3) is 0 Å². The van der Waals surface area contributed by atoms with Crippen molar-refractivity contribution in [3.8, 4) is 0 Å². The maximum absolute atomic E-state index is 13.0. The van der Waals surface area contributed by atoms with Gasteiger partial charge in [-0.05, 0) is 13.8 Å². The fourth-order valence-electron chi connectivity index (χ4n) is 1.85. The van der Waals surface area contributed by atoms with Crippen LogP contribution in [0.5, 0.6) is 0 Å². The van der Waals surface area contributed by atoms with Gasteiger partial charge in [0, 0.05) is 17.5 Å². The van der Waals surface area contributed by atoms with E-state index in [9.17, 15) is 13.6 Å². The Hall–Kier alpha value is -1.08. The molecular weight excluding hydrogens is 260 g/mol. The van der Waals surface area contributed by atoms with Gasteiger partial charge in [-0.15, -0.1) is 11.3 Å². The number of rotatable bonds is 3. The topological polar surface area (TPSA) is 54.0 Å². The molecule has 0 saturated carbocycles. The van der Waals surface area contributed by atoms with Gasteiger partial charge >= 0.3 is 0 Å². The zero-order valence-electron chi connectivity index (χ0n) is 10.2. The van der Waals surface area contributed by atoms with E-state index in [0.717, 1.165) is 10.7 Å². The predicted octanol–water partition coefficient (Wildman–Crippen LogP) is 1.63. The summed E-state index contributed by atoms with van der Waals surface area (Å²) in [7, 11) is 0. The maximum Gasteiger partial charge on any atom is 0.262 e. The first-order chi connectivity index (χ1) is 8.37. The number of carbonyl (C=O) groups is 1. The van der Waals surface area contributed by atoms with Crippen LogP contribution in [0.2, 0.25) is 0 Å². The molecule has 2 unspecified atom stereocenters. The van der Waals surface area contributed by atoms with Gasteiger partial charge in [0.05, 0.1) is 18.6 Å². The van der Waals surface area contributed by atoms with Gasteiger partial charge in [-0.25, -0.2) is 13.8 Å². The first-order valence-electron chi connectivity index (χ1n) is 5.71. The molecule has 0 aliphatic carbocycles. The van der Waals surface area contributed by atoms with E-state index in [1.807, 2.05) is 12.3 Å². The minimum absolute atomic E-state index is 0.257. The molecule has 18 heavy (non-hydrogen) atoms. The van der Waals surface area contributed by atoms with Crippen molar-refractivity contribution in [2.75, 3.05) is 6.54 Å². The van der Waals surface area contributed by atoms with Gasteiger partial charge in [0.1, 0.15) is 5.01 Å². The minimum Gasteiger partial charge on any atom is -0.346 e. The number of aryl methyl sites for hydroxylation is 1. The molecule has 4 nitrogen and oxygen atoms in total. The highest BCUT2D eigenvalue weighted by atomic mass is 32.1. The van der Waals surface area contributed by atoms with Crippen molar-refractivity contribution in [3.05, 3.63) is 16.1 Å². The van der Waals surface area contributed by atoms with Crippen molar-refractivity contribution in [3.63, 3.8) is 0 Å². The van der Waals surface area contributed by atoms with E-state index in [1.54, 1.807) is 6.92 Å². The summed E-state index contributed by atoms with van der Waals surface area (Å²) >= 11 is 1.45. The molecule has 7 heteroatoms. The normalized spacial score (nSPS) is 23.9. The van der Waals surface area contributed by atoms with Gasteiger partial charge in [0.15, 0.2) is 0 Å². The first kappa shape index (κ1) is 13.4. The van der Waals surface area contributed by atoms with Crippen LogP contribution in [0.15, 0.2) is 5.38 Å². The second-order valence-corrected chi connectivity index (χ2v) is 5.44. The molecule has 1 amide bonds. The molecule has 2 N–H and O–H groups in total. The number of nitrogens with one attached hydrogen (secondary N) is 2. The third kappa shape index (κ3) is 3.02. The van der Waals surface area contributed by atoms with Gasteiger partial charge < -0.3 is 5.32 Å². The lowest BCUT2D eigenvalue weighted by Gasteiger charge is -2.15. The van der Waals surface area contributed by atoms with E-state index in [2.05, 4.69) is 15.6 Å². The van der Waals surface area contributed by atoms with Crippen molar-refractivity contribution < 1.29 is 13.6 Å². The molecular formula is C11H15F2N3OS. The Morgan fingerprint density at radius 2 is 2.44 bits per heavy atom. The number of aromatic nitrogens is 1. The molecule has 1 aliphatic heterocycles. The minimum atomic E-state index is -2.79. The molecule has 0 radical (unpaired) electrons. The van der Waals surface area contributed by atoms with Gasteiger partial charge in [-0.3, -0.25) is 10.1 Å². The highest BCUT2D eigenvalue weighted by Crippen LogP contribution is 2.25. The molecule has 2 heterocycles. The van der Waals surface area contributed by atoms with Crippen LogP contribution in [0, 0.1) is 6.92 Å². The number of amides is 1. The molecule has 0 spiro atoms. The van der Waals surface area contributed by atoms with Crippen LogP contribution in [0.4, 0.5) is 8.78 Å². The van der Waals surface area contributed by atoms with E-state index in [1.165, 1.54) is 11.3 Å². The Bertz CT molecular complexity index is 449. The molecule has 2 atom stereocenters. The Morgan fingerprint density at radius 1 is 1.72 bits per heavy atom. The zero-order valence-corrected chi connectivity index (χ0v) is 11.0. The van der Waals surface area contributed by atoms with Gasteiger partial charge in [-0.2, -0.15) is 0 Å². The van der Waals surface area contributed by atoms with Crippen molar-refractivity contribution >= 4 is 17.2 Å². The first-order valence-corrected chi connectivity index (χ1v) is 6.59. The molecule has 0 bridgehead atoms. The molecule has 100 valence electrons. The van der Waals surface area contributed by atoms with Crippen LogP contribution in [0.3, 0.4) is 0 Å². The molecule has 1 aromatic heterocycles. The Kier molecular flexibility index (Phi) is 3.63. The van der Waals surface area contributed by atoms with Crippen molar-refractivity contribution in [1.82, 2.24) is 15.6 Å². The number of nitrogens with zero attached hydrogens (tertiary/aromatic N) is 1. The lowest BCUT2D eigenvalue weighted by atomic mass is 10.1. The van der Waals surface area contributed by atoms with Crippen LogP contribution < -0.4 is 10.6 Å². The number of hydrogen-bond acceptors (Lipinski definition) is 4. The molecule has 1 fully saturated rings. The molecule has 1 saturated heterocycles. The van der Waals surface area contributed by atoms with E-state index < -0.39 is 30.8 Å². The van der Waals surface area contributed by atoms with Gasteiger partial charge in [-0.1, -0.05) is 0 Å². The van der Waals surface area contributed by atoms with Crippen molar-refractivity contribution in [2.24, 2.45) is 0 Å². The largest absolute Gasteiger partial charge is 0.346 e. The lowest BCUT2D eigenvalue weighted by Crippen LogP contribution is -2.41. The SMILES string of the molecule is Cc1csc(C(C)NC(=O)C2CC(F)(F)CN2)n1. The second-order valence-electron chi connectivity index (χ2n) is 4.55. The summed E-state index contributed by atoms with van der Waals surface area (Å²) in [5, 5.41) is 7.90. The monoisotopic (exact) mass is 275 g/mol. The average Bonchev–Trinajstić information content (AvgIpc) is 2.84. The van der Waals surface area contributed by atoms with Gasteiger partial charge in [0.2, 0.25) is 5.91 Å². The van der Waals surface area contributed by atoms with Crippen LogP contribution in [0.1, 0.15) is 30.1 Å². The Labute approximate surface area is 108 Å². The Balaban J connectivity index is 1.92. The van der Waals surface area contributed by atoms with E-state index in [-0.39, 0.29) is 6.04 Å².